The van der Waals surface area contributed by atoms with Crippen LogP contribution in [-0.2, 0) is 15.6 Å². The van der Waals surface area contributed by atoms with Crippen LogP contribution in [0.15, 0.2) is 24.5 Å². The van der Waals surface area contributed by atoms with Gasteiger partial charge < -0.3 is 10.1 Å². The summed E-state index contributed by atoms with van der Waals surface area (Å²) in [6.45, 7) is 0. The Morgan fingerprint density at radius 1 is 1.53 bits per heavy atom. The smallest absolute Gasteiger partial charge is 0.160 e. The second kappa shape index (κ2) is 3.23. The highest BCUT2D eigenvalue weighted by atomic mass is 32.2. The summed E-state index contributed by atoms with van der Waals surface area (Å²) in [5.74, 6) is -0.0614. The Balaban J connectivity index is 2.53. The molecular formula is C9H11N3O2S. The summed E-state index contributed by atoms with van der Waals surface area (Å²) in [4.78, 5) is 4.16. The van der Waals surface area contributed by atoms with E-state index in [2.05, 4.69) is 4.98 Å². The zero-order chi connectivity index (χ0) is 11.1. The van der Waals surface area contributed by atoms with Gasteiger partial charge in [0.2, 0.25) is 0 Å². The number of hydrogen-bond donors (Lipinski definition) is 1. The van der Waals surface area contributed by atoms with Crippen molar-refractivity contribution in [1.82, 2.24) is 9.38 Å². The lowest BCUT2D eigenvalue weighted by Crippen LogP contribution is -2.00. The molecule has 0 spiro atoms. The van der Waals surface area contributed by atoms with E-state index in [9.17, 15) is 8.42 Å². The predicted molar refractivity (Wildman–Crippen MR) is 58.2 cm³/mol. The van der Waals surface area contributed by atoms with Crippen molar-refractivity contribution in [1.29, 1.82) is 0 Å². The fourth-order valence-corrected chi connectivity index (χ4v) is 2.10. The van der Waals surface area contributed by atoms with Crippen LogP contribution < -0.4 is 5.73 Å². The summed E-state index contributed by atoms with van der Waals surface area (Å²) in [6.07, 6.45) is 4.64. The van der Waals surface area contributed by atoms with Gasteiger partial charge in [0.25, 0.3) is 0 Å². The van der Waals surface area contributed by atoms with Crippen LogP contribution in [0, 0.1) is 0 Å². The minimum Gasteiger partial charge on any atom is -0.396 e. The van der Waals surface area contributed by atoms with E-state index in [0.717, 1.165) is 0 Å². The number of hydrogen-bond acceptors (Lipinski definition) is 4. The van der Waals surface area contributed by atoms with Crippen molar-refractivity contribution < 1.29 is 8.42 Å². The average molecular weight is 225 g/mol. The van der Waals surface area contributed by atoms with Crippen LogP contribution >= 0.6 is 0 Å². The molecule has 5 nitrogen and oxygen atoms in total. The summed E-state index contributed by atoms with van der Waals surface area (Å²) in [6, 6.07) is 3.51. The molecule has 0 atom stereocenters. The fraction of sp³-hybridized carbons (Fsp3) is 0.222. The maximum Gasteiger partial charge on any atom is 0.160 e. The molecule has 2 rings (SSSR count). The zero-order valence-corrected chi connectivity index (χ0v) is 9.03. The highest BCUT2D eigenvalue weighted by molar-refractivity contribution is 7.89. The summed E-state index contributed by atoms with van der Waals surface area (Å²) in [5.41, 5.74) is 7.34. The number of anilines is 1. The van der Waals surface area contributed by atoms with E-state index in [-0.39, 0.29) is 5.75 Å². The number of imidazole rings is 1. The Bertz CT molecular complexity index is 601. The molecular weight excluding hydrogens is 214 g/mol. The number of fused-ring (bicyclic) bond motifs is 1. The van der Waals surface area contributed by atoms with Crippen molar-refractivity contribution in [2.75, 3.05) is 12.0 Å². The minimum atomic E-state index is -3.05. The number of aromatic nitrogens is 2. The summed E-state index contributed by atoms with van der Waals surface area (Å²) in [5, 5.41) is 0. The molecule has 2 aromatic heterocycles. The maximum atomic E-state index is 11.1. The topological polar surface area (TPSA) is 77.5 Å². The number of rotatable bonds is 2. The molecule has 0 saturated carbocycles. The molecule has 2 N–H and O–H groups in total. The van der Waals surface area contributed by atoms with E-state index in [4.69, 9.17) is 5.73 Å². The molecule has 0 aliphatic rings. The third-order valence-corrected chi connectivity index (χ3v) is 2.79. The monoisotopic (exact) mass is 225 g/mol. The van der Waals surface area contributed by atoms with Crippen molar-refractivity contribution in [3.05, 3.63) is 30.2 Å². The Hall–Kier alpha value is -1.56. The van der Waals surface area contributed by atoms with Gasteiger partial charge in [0.05, 0.1) is 17.1 Å². The standard InChI is InChI=1S/C9H11N3O2S/c1-15(13,14)6-7-5-12-4-2-3-8(10)9(12)11-7/h2-5H,6,10H2,1H3. The first-order valence-corrected chi connectivity index (χ1v) is 6.41. The molecule has 0 unspecified atom stereocenters. The lowest BCUT2D eigenvalue weighted by molar-refractivity contribution is 0.600. The third-order valence-electron chi connectivity index (χ3n) is 1.97. The van der Waals surface area contributed by atoms with Gasteiger partial charge in [-0.1, -0.05) is 0 Å². The van der Waals surface area contributed by atoms with Gasteiger partial charge in [-0.3, -0.25) is 0 Å². The fourth-order valence-electron chi connectivity index (χ4n) is 1.42. The molecule has 2 heterocycles. The molecule has 0 amide bonds. The van der Waals surface area contributed by atoms with E-state index in [0.29, 0.717) is 17.0 Å². The molecule has 15 heavy (non-hydrogen) atoms. The minimum absolute atomic E-state index is 0.0614. The largest absolute Gasteiger partial charge is 0.396 e. The molecule has 6 heteroatoms. The van der Waals surface area contributed by atoms with Crippen molar-refractivity contribution in [2.45, 2.75) is 5.75 Å². The van der Waals surface area contributed by atoms with Crippen LogP contribution in [0.5, 0.6) is 0 Å². The second-order valence-corrected chi connectivity index (χ2v) is 5.64. The highest BCUT2D eigenvalue weighted by Gasteiger charge is 2.09. The normalized spacial score (nSPS) is 12.1. The van der Waals surface area contributed by atoms with E-state index >= 15 is 0 Å². The van der Waals surface area contributed by atoms with E-state index < -0.39 is 9.84 Å². The Labute approximate surface area is 87.5 Å². The van der Waals surface area contributed by atoms with Crippen molar-refractivity contribution in [3.63, 3.8) is 0 Å². The van der Waals surface area contributed by atoms with E-state index in [1.807, 2.05) is 0 Å². The third kappa shape index (κ3) is 2.10. The van der Waals surface area contributed by atoms with Crippen LogP contribution in [0.4, 0.5) is 5.69 Å². The van der Waals surface area contributed by atoms with Gasteiger partial charge in [-0.2, -0.15) is 0 Å². The highest BCUT2D eigenvalue weighted by Crippen LogP contribution is 2.13. The van der Waals surface area contributed by atoms with Gasteiger partial charge in [0.1, 0.15) is 0 Å². The van der Waals surface area contributed by atoms with Crippen molar-refractivity contribution >= 4 is 21.2 Å². The summed E-state index contributed by atoms with van der Waals surface area (Å²) < 4.78 is 23.9. The van der Waals surface area contributed by atoms with Crippen molar-refractivity contribution in [3.8, 4) is 0 Å². The van der Waals surface area contributed by atoms with E-state index in [1.165, 1.54) is 6.26 Å². The number of nitrogens with two attached hydrogens (primary N) is 1. The molecule has 0 aliphatic heterocycles. The maximum absolute atomic E-state index is 11.1. The van der Waals surface area contributed by atoms with Gasteiger partial charge in [-0.15, -0.1) is 0 Å². The van der Waals surface area contributed by atoms with Gasteiger partial charge in [0, 0.05) is 18.6 Å². The number of sulfone groups is 1. The van der Waals surface area contributed by atoms with E-state index in [1.54, 1.807) is 28.9 Å². The van der Waals surface area contributed by atoms with Crippen LogP contribution in [0.3, 0.4) is 0 Å². The Kier molecular flexibility index (Phi) is 2.15. The first-order chi connectivity index (χ1) is 6.96. The lowest BCUT2D eigenvalue weighted by Gasteiger charge is -1.94. The molecule has 80 valence electrons. The van der Waals surface area contributed by atoms with Gasteiger partial charge >= 0.3 is 0 Å². The molecule has 0 aliphatic carbocycles. The van der Waals surface area contributed by atoms with Crippen molar-refractivity contribution in [2.24, 2.45) is 0 Å². The molecule has 0 saturated heterocycles. The van der Waals surface area contributed by atoms with Gasteiger partial charge in [-0.25, -0.2) is 13.4 Å². The molecule has 0 radical (unpaired) electrons. The lowest BCUT2D eigenvalue weighted by atomic mass is 10.4. The molecule has 0 bridgehead atoms. The van der Waals surface area contributed by atoms with Crippen LogP contribution in [0.25, 0.3) is 5.65 Å². The Morgan fingerprint density at radius 2 is 2.27 bits per heavy atom. The molecule has 2 aromatic rings. The summed E-state index contributed by atoms with van der Waals surface area (Å²) >= 11 is 0. The second-order valence-electron chi connectivity index (χ2n) is 3.50. The SMILES string of the molecule is CS(=O)(=O)Cc1cn2cccc(N)c2n1. The summed E-state index contributed by atoms with van der Waals surface area (Å²) in [7, 11) is -3.05. The Morgan fingerprint density at radius 3 is 2.87 bits per heavy atom. The zero-order valence-electron chi connectivity index (χ0n) is 8.21. The predicted octanol–water partition coefficient (Wildman–Crippen LogP) is 0.461. The first kappa shape index (κ1) is 9.97. The number of nitrogen functional groups attached to an aromatic ring is 1. The van der Waals surface area contributed by atoms with Crippen LogP contribution in [-0.4, -0.2) is 24.1 Å². The average Bonchev–Trinajstić information content (AvgIpc) is 2.45. The van der Waals surface area contributed by atoms with Gasteiger partial charge in [-0.05, 0) is 12.1 Å². The van der Waals surface area contributed by atoms with Gasteiger partial charge in [0.15, 0.2) is 15.5 Å². The number of pyridine rings is 1. The van der Waals surface area contributed by atoms with Crippen LogP contribution in [0.1, 0.15) is 5.69 Å². The number of nitrogens with zero attached hydrogens (tertiary/aromatic N) is 2. The van der Waals surface area contributed by atoms with Crippen LogP contribution in [0.2, 0.25) is 0 Å². The first-order valence-electron chi connectivity index (χ1n) is 4.35. The molecule has 0 aromatic carbocycles. The molecule has 0 fully saturated rings. The quantitative estimate of drug-likeness (QED) is 0.805.